The average Bonchev–Trinajstić information content (AvgIpc) is 2.25. The fraction of sp³-hybridized carbons (Fsp3) is 1.00. The van der Waals surface area contributed by atoms with Gasteiger partial charge in [0.1, 0.15) is 0 Å². The molecule has 66 valence electrons. The van der Waals surface area contributed by atoms with Gasteiger partial charge in [0.25, 0.3) is 0 Å². The molecule has 0 bridgehead atoms. The molecular formula is C8H17NO2. The van der Waals surface area contributed by atoms with E-state index in [1.165, 1.54) is 0 Å². The van der Waals surface area contributed by atoms with E-state index in [1.54, 1.807) is 0 Å². The molecule has 2 N–H and O–H groups in total. The third-order valence-electron chi connectivity index (χ3n) is 1.92. The molecule has 0 radical (unpaired) electrons. The van der Waals surface area contributed by atoms with Crippen LogP contribution in [-0.4, -0.2) is 24.5 Å². The molecule has 3 heteroatoms. The highest BCUT2D eigenvalue weighted by Gasteiger charge is 2.39. The van der Waals surface area contributed by atoms with Crippen LogP contribution in [0, 0.1) is 0 Å². The molecule has 0 unspecified atom stereocenters. The summed E-state index contributed by atoms with van der Waals surface area (Å²) >= 11 is 0. The second kappa shape index (κ2) is 3.09. The standard InChI is InChI=1S/C8H17NO2/c1-4-6-7(5-9)11-8(2,3)10-6/h6-7H,4-5,9H2,1-3H3/t6-,7-/m0/s1. The van der Waals surface area contributed by atoms with Gasteiger partial charge in [-0.2, -0.15) is 0 Å². The van der Waals surface area contributed by atoms with Gasteiger partial charge in [-0.15, -0.1) is 0 Å². The van der Waals surface area contributed by atoms with Crippen molar-refractivity contribution in [1.29, 1.82) is 0 Å². The van der Waals surface area contributed by atoms with Crippen LogP contribution in [0.5, 0.6) is 0 Å². The van der Waals surface area contributed by atoms with Crippen LogP contribution in [0.4, 0.5) is 0 Å². The van der Waals surface area contributed by atoms with E-state index in [9.17, 15) is 0 Å². The smallest absolute Gasteiger partial charge is 0.163 e. The molecule has 0 amide bonds. The zero-order valence-corrected chi connectivity index (χ0v) is 7.46. The maximum absolute atomic E-state index is 5.60. The Kier molecular flexibility index (Phi) is 2.52. The molecule has 1 saturated heterocycles. The zero-order valence-electron chi connectivity index (χ0n) is 7.46. The molecule has 0 aromatic rings. The Morgan fingerprint density at radius 3 is 2.18 bits per heavy atom. The Hall–Kier alpha value is -0.120. The van der Waals surface area contributed by atoms with E-state index >= 15 is 0 Å². The van der Waals surface area contributed by atoms with Crippen molar-refractivity contribution in [3.05, 3.63) is 0 Å². The highest BCUT2D eigenvalue weighted by molar-refractivity contribution is 4.80. The predicted molar refractivity (Wildman–Crippen MR) is 43.2 cm³/mol. The van der Waals surface area contributed by atoms with Gasteiger partial charge in [0.15, 0.2) is 5.79 Å². The summed E-state index contributed by atoms with van der Waals surface area (Å²) in [6, 6.07) is 0. The monoisotopic (exact) mass is 159 g/mol. The molecule has 0 saturated carbocycles. The van der Waals surface area contributed by atoms with Gasteiger partial charge in [0.05, 0.1) is 12.2 Å². The summed E-state index contributed by atoms with van der Waals surface area (Å²) in [5, 5.41) is 0. The average molecular weight is 159 g/mol. The summed E-state index contributed by atoms with van der Waals surface area (Å²) in [6.07, 6.45) is 1.22. The summed E-state index contributed by atoms with van der Waals surface area (Å²) in [5.41, 5.74) is 5.52. The van der Waals surface area contributed by atoms with E-state index in [4.69, 9.17) is 15.2 Å². The largest absolute Gasteiger partial charge is 0.345 e. The molecule has 2 atom stereocenters. The van der Waals surface area contributed by atoms with Gasteiger partial charge in [0.2, 0.25) is 0 Å². The first kappa shape index (κ1) is 8.97. The third kappa shape index (κ3) is 1.92. The van der Waals surface area contributed by atoms with Crippen molar-refractivity contribution in [3.8, 4) is 0 Å². The van der Waals surface area contributed by atoms with Gasteiger partial charge in [-0.1, -0.05) is 6.92 Å². The Morgan fingerprint density at radius 1 is 1.27 bits per heavy atom. The van der Waals surface area contributed by atoms with Crippen molar-refractivity contribution >= 4 is 0 Å². The highest BCUT2D eigenvalue weighted by Crippen LogP contribution is 2.28. The van der Waals surface area contributed by atoms with E-state index in [2.05, 4.69) is 6.92 Å². The molecule has 0 aromatic carbocycles. The number of rotatable bonds is 2. The Balaban J connectivity index is 2.55. The minimum Gasteiger partial charge on any atom is -0.345 e. The Labute approximate surface area is 67.9 Å². The second-order valence-electron chi connectivity index (χ2n) is 3.36. The first-order valence-corrected chi connectivity index (χ1v) is 4.14. The van der Waals surface area contributed by atoms with Crippen LogP contribution in [0.2, 0.25) is 0 Å². The summed E-state index contributed by atoms with van der Waals surface area (Å²) in [4.78, 5) is 0. The molecule has 0 spiro atoms. The van der Waals surface area contributed by atoms with E-state index in [-0.39, 0.29) is 12.2 Å². The molecule has 0 aromatic heterocycles. The number of nitrogens with two attached hydrogens (primary N) is 1. The van der Waals surface area contributed by atoms with Crippen molar-refractivity contribution in [2.24, 2.45) is 5.73 Å². The van der Waals surface area contributed by atoms with Crippen LogP contribution in [0.15, 0.2) is 0 Å². The molecule has 0 aliphatic carbocycles. The second-order valence-corrected chi connectivity index (χ2v) is 3.36. The fourth-order valence-corrected chi connectivity index (χ4v) is 1.45. The molecule has 1 fully saturated rings. The highest BCUT2D eigenvalue weighted by atomic mass is 16.7. The normalized spacial score (nSPS) is 36.0. The number of hydrogen-bond donors (Lipinski definition) is 1. The summed E-state index contributed by atoms with van der Waals surface area (Å²) < 4.78 is 11.2. The molecule has 3 nitrogen and oxygen atoms in total. The van der Waals surface area contributed by atoms with Gasteiger partial charge < -0.3 is 15.2 Å². The Morgan fingerprint density at radius 2 is 1.82 bits per heavy atom. The van der Waals surface area contributed by atoms with Crippen molar-refractivity contribution in [2.75, 3.05) is 6.54 Å². The van der Waals surface area contributed by atoms with Crippen LogP contribution < -0.4 is 5.73 Å². The van der Waals surface area contributed by atoms with E-state index in [1.807, 2.05) is 13.8 Å². The zero-order chi connectivity index (χ0) is 8.48. The number of ether oxygens (including phenoxy) is 2. The SMILES string of the molecule is CC[C@@H]1OC(C)(C)O[C@H]1CN. The summed E-state index contributed by atoms with van der Waals surface area (Å²) in [7, 11) is 0. The Bertz CT molecular complexity index is 122. The first-order chi connectivity index (χ1) is 5.09. The molecule has 1 aliphatic heterocycles. The van der Waals surface area contributed by atoms with E-state index in [0.29, 0.717) is 6.54 Å². The molecule has 1 heterocycles. The third-order valence-corrected chi connectivity index (χ3v) is 1.92. The minimum absolute atomic E-state index is 0.0787. The summed E-state index contributed by atoms with van der Waals surface area (Å²) in [6.45, 7) is 6.47. The quantitative estimate of drug-likeness (QED) is 0.650. The predicted octanol–water partition coefficient (Wildman–Crippen LogP) is 0.875. The van der Waals surface area contributed by atoms with Crippen molar-refractivity contribution < 1.29 is 9.47 Å². The van der Waals surface area contributed by atoms with Gasteiger partial charge in [-0.25, -0.2) is 0 Å². The van der Waals surface area contributed by atoms with Gasteiger partial charge in [-0.3, -0.25) is 0 Å². The van der Waals surface area contributed by atoms with Crippen LogP contribution in [0.3, 0.4) is 0 Å². The fourth-order valence-electron chi connectivity index (χ4n) is 1.45. The van der Waals surface area contributed by atoms with E-state index in [0.717, 1.165) is 6.42 Å². The minimum atomic E-state index is -0.440. The summed E-state index contributed by atoms with van der Waals surface area (Å²) in [5.74, 6) is -0.440. The lowest BCUT2D eigenvalue weighted by Crippen LogP contribution is -2.30. The van der Waals surface area contributed by atoms with E-state index < -0.39 is 5.79 Å². The van der Waals surface area contributed by atoms with Crippen molar-refractivity contribution in [2.45, 2.75) is 45.2 Å². The van der Waals surface area contributed by atoms with Crippen LogP contribution in [-0.2, 0) is 9.47 Å². The number of hydrogen-bond acceptors (Lipinski definition) is 3. The molecule has 11 heavy (non-hydrogen) atoms. The van der Waals surface area contributed by atoms with Crippen molar-refractivity contribution in [3.63, 3.8) is 0 Å². The molecule has 1 rings (SSSR count). The van der Waals surface area contributed by atoms with Crippen LogP contribution in [0.25, 0.3) is 0 Å². The van der Waals surface area contributed by atoms with Gasteiger partial charge in [0, 0.05) is 6.54 Å². The lowest BCUT2D eigenvalue weighted by molar-refractivity contribution is -0.145. The first-order valence-electron chi connectivity index (χ1n) is 4.14. The van der Waals surface area contributed by atoms with Crippen LogP contribution in [0.1, 0.15) is 27.2 Å². The topological polar surface area (TPSA) is 44.5 Å². The van der Waals surface area contributed by atoms with Gasteiger partial charge in [-0.05, 0) is 20.3 Å². The maximum atomic E-state index is 5.60. The molecule has 1 aliphatic rings. The van der Waals surface area contributed by atoms with Gasteiger partial charge >= 0.3 is 0 Å². The lowest BCUT2D eigenvalue weighted by atomic mass is 10.1. The van der Waals surface area contributed by atoms with Crippen LogP contribution >= 0.6 is 0 Å². The molecular weight excluding hydrogens is 142 g/mol. The lowest BCUT2D eigenvalue weighted by Gasteiger charge is -2.16. The maximum Gasteiger partial charge on any atom is 0.163 e. The van der Waals surface area contributed by atoms with Crippen molar-refractivity contribution in [1.82, 2.24) is 0 Å².